The molecule has 4 heteroatoms. The van der Waals surface area contributed by atoms with Crippen molar-refractivity contribution in [2.24, 2.45) is 11.0 Å². The minimum absolute atomic E-state index is 0.183. The zero-order chi connectivity index (χ0) is 13.0. The zero-order valence-corrected chi connectivity index (χ0v) is 11.2. The Hall–Kier alpha value is -1.35. The monoisotopic (exact) mass is 264 g/mol. The summed E-state index contributed by atoms with van der Waals surface area (Å²) < 4.78 is 0. The van der Waals surface area contributed by atoms with Crippen LogP contribution in [-0.2, 0) is 0 Å². The number of hydrogen-bond acceptors (Lipinski definition) is 2. The Morgan fingerprint density at radius 3 is 2.78 bits per heavy atom. The first kappa shape index (κ1) is 13.1. The topological polar surface area (TPSA) is 41.5 Å². The van der Waals surface area contributed by atoms with Crippen LogP contribution >= 0.6 is 11.6 Å². The maximum atomic E-state index is 11.8. The molecule has 1 aromatic carbocycles. The van der Waals surface area contributed by atoms with E-state index in [1.54, 1.807) is 24.3 Å². The second kappa shape index (κ2) is 6.01. The molecule has 0 bridgehead atoms. The largest absolute Gasteiger partial charge is 0.271 e. The van der Waals surface area contributed by atoms with Crippen molar-refractivity contribution >= 4 is 23.2 Å². The molecule has 1 saturated carbocycles. The average molecular weight is 265 g/mol. The van der Waals surface area contributed by atoms with Crippen LogP contribution in [0.1, 0.15) is 43.0 Å². The summed E-state index contributed by atoms with van der Waals surface area (Å²) in [4.78, 5) is 11.8. The van der Waals surface area contributed by atoms with Gasteiger partial charge in [0.2, 0.25) is 0 Å². The Morgan fingerprint density at radius 2 is 2.11 bits per heavy atom. The van der Waals surface area contributed by atoms with Gasteiger partial charge in [-0.05, 0) is 55.9 Å². The molecular weight excluding hydrogens is 248 g/mol. The van der Waals surface area contributed by atoms with Gasteiger partial charge in [0.25, 0.3) is 5.91 Å². The molecule has 1 aromatic rings. The predicted octanol–water partition coefficient (Wildman–Crippen LogP) is 3.64. The van der Waals surface area contributed by atoms with Crippen molar-refractivity contribution in [3.63, 3.8) is 0 Å². The van der Waals surface area contributed by atoms with E-state index in [1.165, 1.54) is 6.42 Å². The van der Waals surface area contributed by atoms with Gasteiger partial charge in [0.1, 0.15) is 0 Å². The van der Waals surface area contributed by atoms with E-state index >= 15 is 0 Å². The Labute approximate surface area is 112 Å². The molecule has 0 spiro atoms. The van der Waals surface area contributed by atoms with Crippen LogP contribution in [0, 0.1) is 5.92 Å². The molecule has 0 radical (unpaired) electrons. The highest BCUT2D eigenvalue weighted by Gasteiger charge is 2.14. The lowest BCUT2D eigenvalue weighted by Crippen LogP contribution is -2.22. The molecule has 0 saturated heterocycles. The first-order valence-corrected chi connectivity index (χ1v) is 6.64. The van der Waals surface area contributed by atoms with Crippen molar-refractivity contribution in [1.82, 2.24) is 5.43 Å². The molecule has 1 amide bonds. The van der Waals surface area contributed by atoms with E-state index in [2.05, 4.69) is 17.5 Å². The van der Waals surface area contributed by atoms with Gasteiger partial charge >= 0.3 is 0 Å². The van der Waals surface area contributed by atoms with Crippen LogP contribution in [0.2, 0.25) is 5.02 Å². The van der Waals surface area contributed by atoms with Crippen LogP contribution in [0.25, 0.3) is 0 Å². The molecule has 1 N–H and O–H groups in total. The summed E-state index contributed by atoms with van der Waals surface area (Å²) >= 11 is 5.77. The number of benzene rings is 1. The minimum Gasteiger partial charge on any atom is -0.267 e. The molecule has 2 rings (SSSR count). The van der Waals surface area contributed by atoms with E-state index in [4.69, 9.17) is 11.6 Å². The smallest absolute Gasteiger partial charge is 0.267 e. The van der Waals surface area contributed by atoms with Crippen LogP contribution in [0.3, 0.4) is 0 Å². The van der Waals surface area contributed by atoms with Crippen LogP contribution in [-0.4, -0.2) is 11.6 Å². The fourth-order valence-electron chi connectivity index (χ4n) is 2.16. The third-order valence-corrected chi connectivity index (χ3v) is 3.42. The maximum Gasteiger partial charge on any atom is 0.271 e. The second-order valence-electron chi connectivity index (χ2n) is 4.83. The van der Waals surface area contributed by atoms with Gasteiger partial charge < -0.3 is 0 Å². The highest BCUT2D eigenvalue weighted by Crippen LogP contribution is 2.21. The number of amides is 1. The second-order valence-corrected chi connectivity index (χ2v) is 5.26. The lowest BCUT2D eigenvalue weighted by Gasteiger charge is -2.18. The first-order valence-electron chi connectivity index (χ1n) is 6.26. The number of nitrogens with one attached hydrogen (secondary N) is 1. The van der Waals surface area contributed by atoms with Gasteiger partial charge in [-0.25, -0.2) is 5.43 Å². The molecule has 1 aliphatic carbocycles. The minimum atomic E-state index is -0.183. The molecule has 96 valence electrons. The fraction of sp³-hybridized carbons (Fsp3) is 0.429. The van der Waals surface area contributed by atoms with Crippen molar-refractivity contribution in [2.75, 3.05) is 0 Å². The van der Waals surface area contributed by atoms with Gasteiger partial charge in [0, 0.05) is 16.3 Å². The normalized spacial score (nSPS) is 21.9. The highest BCUT2D eigenvalue weighted by molar-refractivity contribution is 6.30. The van der Waals surface area contributed by atoms with Crippen molar-refractivity contribution < 1.29 is 4.79 Å². The van der Waals surface area contributed by atoms with Gasteiger partial charge in [-0.3, -0.25) is 4.79 Å². The first-order chi connectivity index (χ1) is 8.65. The number of nitrogens with zero attached hydrogens (tertiary/aromatic N) is 1. The zero-order valence-electron chi connectivity index (χ0n) is 10.4. The summed E-state index contributed by atoms with van der Waals surface area (Å²) in [6.45, 7) is 2.22. The quantitative estimate of drug-likeness (QED) is 0.814. The summed E-state index contributed by atoms with van der Waals surface area (Å²) in [7, 11) is 0. The summed E-state index contributed by atoms with van der Waals surface area (Å²) in [5.74, 6) is 0.488. The molecule has 3 nitrogen and oxygen atoms in total. The summed E-state index contributed by atoms with van der Waals surface area (Å²) in [6.07, 6.45) is 4.40. The number of carbonyl (C=O) groups is 1. The van der Waals surface area contributed by atoms with E-state index in [0.29, 0.717) is 16.5 Å². The molecule has 0 heterocycles. The van der Waals surface area contributed by atoms with Gasteiger partial charge in [-0.15, -0.1) is 0 Å². The molecule has 1 fully saturated rings. The summed E-state index contributed by atoms with van der Waals surface area (Å²) in [5, 5.41) is 4.84. The number of carbonyl (C=O) groups excluding carboxylic acids is 1. The van der Waals surface area contributed by atoms with Crippen LogP contribution in [0.4, 0.5) is 0 Å². The van der Waals surface area contributed by atoms with Gasteiger partial charge in [0.05, 0.1) is 0 Å². The number of halogens is 1. The Bertz CT molecular complexity index is 453. The van der Waals surface area contributed by atoms with Crippen LogP contribution < -0.4 is 5.43 Å². The Kier molecular flexibility index (Phi) is 4.37. The summed E-state index contributed by atoms with van der Waals surface area (Å²) in [6, 6.07) is 6.79. The SMILES string of the molecule is C[C@@H]1CCC/C(=N/NC(=O)c2ccc(Cl)cc2)C1. The molecule has 18 heavy (non-hydrogen) atoms. The molecule has 0 unspecified atom stereocenters. The van der Waals surface area contributed by atoms with E-state index in [9.17, 15) is 4.79 Å². The van der Waals surface area contributed by atoms with Crippen molar-refractivity contribution in [3.8, 4) is 0 Å². The van der Waals surface area contributed by atoms with Crippen LogP contribution in [0.15, 0.2) is 29.4 Å². The molecule has 0 aliphatic heterocycles. The van der Waals surface area contributed by atoms with E-state index in [1.807, 2.05) is 0 Å². The summed E-state index contributed by atoms with van der Waals surface area (Å²) in [5.41, 5.74) is 4.28. The maximum absolute atomic E-state index is 11.8. The Balaban J connectivity index is 1.95. The lowest BCUT2D eigenvalue weighted by atomic mass is 9.89. The predicted molar refractivity (Wildman–Crippen MR) is 74.0 cm³/mol. The lowest BCUT2D eigenvalue weighted by molar-refractivity contribution is 0.0954. The van der Waals surface area contributed by atoms with Gasteiger partial charge in [-0.2, -0.15) is 5.10 Å². The molecule has 0 aromatic heterocycles. The standard InChI is InChI=1S/C14H17ClN2O/c1-10-3-2-4-13(9-10)16-17-14(18)11-5-7-12(15)8-6-11/h5-8,10H,2-4,9H2,1H3,(H,17,18)/b16-13-/t10-/m1/s1. The van der Waals surface area contributed by atoms with E-state index < -0.39 is 0 Å². The average Bonchev–Trinajstić information content (AvgIpc) is 2.37. The molecular formula is C14H17ClN2O. The molecule has 1 aliphatic rings. The van der Waals surface area contributed by atoms with Crippen molar-refractivity contribution in [2.45, 2.75) is 32.6 Å². The third kappa shape index (κ3) is 3.57. The van der Waals surface area contributed by atoms with Gasteiger partial charge in [-0.1, -0.05) is 18.5 Å². The van der Waals surface area contributed by atoms with Gasteiger partial charge in [0.15, 0.2) is 0 Å². The number of hydrogen-bond donors (Lipinski definition) is 1. The molecule has 1 atom stereocenters. The number of rotatable bonds is 2. The van der Waals surface area contributed by atoms with Crippen LogP contribution in [0.5, 0.6) is 0 Å². The highest BCUT2D eigenvalue weighted by atomic mass is 35.5. The Morgan fingerprint density at radius 1 is 1.39 bits per heavy atom. The van der Waals surface area contributed by atoms with Crippen molar-refractivity contribution in [1.29, 1.82) is 0 Å². The number of hydrazone groups is 1. The van der Waals surface area contributed by atoms with Crippen molar-refractivity contribution in [3.05, 3.63) is 34.9 Å². The van der Waals surface area contributed by atoms with E-state index in [0.717, 1.165) is 25.0 Å². The third-order valence-electron chi connectivity index (χ3n) is 3.17. The van der Waals surface area contributed by atoms with E-state index in [-0.39, 0.29) is 5.91 Å². The fourth-order valence-corrected chi connectivity index (χ4v) is 2.28.